The Kier molecular flexibility index (Phi) is 11.0. The Balaban J connectivity index is 1.47. The fourth-order valence-corrected chi connectivity index (χ4v) is 5.95. The zero-order chi connectivity index (χ0) is 38.2. The van der Waals surface area contributed by atoms with Crippen molar-refractivity contribution in [2.75, 3.05) is 17.3 Å². The molecule has 270 valence electrons. The zero-order valence-electron chi connectivity index (χ0n) is 28.7. The molecule has 0 fully saturated rings. The largest absolute Gasteiger partial charge is 0.461 e. The van der Waals surface area contributed by atoms with E-state index in [0.29, 0.717) is 28.2 Å². The maximum absolute atomic E-state index is 14.3. The summed E-state index contributed by atoms with van der Waals surface area (Å²) in [5.74, 6) is -2.78. The molecule has 0 saturated heterocycles. The third-order valence-electron chi connectivity index (χ3n) is 7.96. The number of amides is 1. The van der Waals surface area contributed by atoms with E-state index in [1.807, 2.05) is 6.07 Å². The van der Waals surface area contributed by atoms with Gasteiger partial charge in [0.1, 0.15) is 0 Å². The van der Waals surface area contributed by atoms with Gasteiger partial charge in [-0.05, 0) is 49.4 Å². The quantitative estimate of drug-likeness (QED) is 0.0426. The molecule has 1 aromatic heterocycles. The Labute approximate surface area is 310 Å². The molecule has 13 nitrogen and oxygen atoms in total. The number of esters is 1. The lowest BCUT2D eigenvalue weighted by Crippen LogP contribution is -2.27. The van der Waals surface area contributed by atoms with Gasteiger partial charge in [-0.1, -0.05) is 97.1 Å². The third-order valence-corrected chi connectivity index (χ3v) is 8.89. The topological polar surface area (TPSA) is 192 Å². The molecular formula is C40H32N6O7S. The van der Waals surface area contributed by atoms with Gasteiger partial charge in [-0.2, -0.15) is 10.2 Å². The maximum Gasteiger partial charge on any atom is 0.362 e. The first-order valence-electron chi connectivity index (χ1n) is 16.5. The number of benzene rings is 5. The number of carbonyl (C=O) groups excluding carboxylic acids is 4. The monoisotopic (exact) mass is 740 g/mol. The number of aromatic nitrogens is 2. The number of hydrogen-bond acceptors (Lipinski definition) is 10. The van der Waals surface area contributed by atoms with E-state index in [4.69, 9.17) is 9.88 Å². The molecule has 0 aliphatic heterocycles. The predicted molar refractivity (Wildman–Crippen MR) is 203 cm³/mol. The van der Waals surface area contributed by atoms with Gasteiger partial charge in [0.25, 0.3) is 5.91 Å². The second-order valence-corrected chi connectivity index (χ2v) is 13.2. The molecule has 0 radical (unpaired) electrons. The van der Waals surface area contributed by atoms with Crippen LogP contribution in [-0.2, 0) is 19.6 Å². The summed E-state index contributed by atoms with van der Waals surface area (Å²) in [4.78, 5) is 54.3. The highest BCUT2D eigenvalue weighted by Crippen LogP contribution is 2.32. The first kappa shape index (κ1) is 36.8. The number of nitrogens with one attached hydrogen (secondary N) is 2. The molecule has 6 aromatic rings. The van der Waals surface area contributed by atoms with Crippen LogP contribution in [0.2, 0.25) is 0 Å². The minimum absolute atomic E-state index is 0.000458. The fourth-order valence-electron chi connectivity index (χ4n) is 5.44. The van der Waals surface area contributed by atoms with Gasteiger partial charge in [-0.3, -0.25) is 19.8 Å². The number of Topliss-reactive ketones (excluding diaryl/α,β-unsaturated/α-hetero) is 1. The van der Waals surface area contributed by atoms with Gasteiger partial charge in [0.2, 0.25) is 21.5 Å². The van der Waals surface area contributed by atoms with Crippen LogP contribution in [0.3, 0.4) is 0 Å². The number of nitrogens with zero attached hydrogens (tertiary/aromatic N) is 3. The van der Waals surface area contributed by atoms with Crippen LogP contribution >= 0.6 is 0 Å². The Morgan fingerprint density at radius 1 is 0.759 bits per heavy atom. The van der Waals surface area contributed by atoms with E-state index in [0.717, 1.165) is 0 Å². The number of nitrogens with two attached hydrogens (primary N) is 1. The van der Waals surface area contributed by atoms with Crippen LogP contribution in [-0.4, -0.2) is 54.0 Å². The van der Waals surface area contributed by atoms with E-state index in [1.165, 1.54) is 28.9 Å². The molecule has 0 unspecified atom stereocenters. The SMILES string of the molecule is CCOC(=O)/C(=N\Nc1cccc(-n2nc(C(=O)Nc3ccc(S(N)(=O)=O)cc3)c(C(=O)c3ccccc3)c2-c2ccccc2)c1)C(=O)c1ccccc1. The predicted octanol–water partition coefficient (Wildman–Crippen LogP) is 5.88. The van der Waals surface area contributed by atoms with Crippen molar-refractivity contribution >= 4 is 50.6 Å². The van der Waals surface area contributed by atoms with Gasteiger partial charge in [0.15, 0.2) is 11.5 Å². The van der Waals surface area contributed by atoms with Crippen molar-refractivity contribution in [2.24, 2.45) is 10.2 Å². The summed E-state index contributed by atoms with van der Waals surface area (Å²) < 4.78 is 30.1. The number of hydrazone groups is 1. The van der Waals surface area contributed by atoms with E-state index in [2.05, 4.69) is 20.9 Å². The number of ether oxygens (including phenoxy) is 1. The number of anilines is 2. The summed E-state index contributed by atoms with van der Waals surface area (Å²) in [7, 11) is -3.97. The summed E-state index contributed by atoms with van der Waals surface area (Å²) in [6.45, 7) is 1.64. The summed E-state index contributed by atoms with van der Waals surface area (Å²) in [5, 5.41) is 16.8. The van der Waals surface area contributed by atoms with Crippen molar-refractivity contribution in [3.63, 3.8) is 0 Å². The van der Waals surface area contributed by atoms with Crippen LogP contribution in [0.25, 0.3) is 16.9 Å². The summed E-state index contributed by atoms with van der Waals surface area (Å²) in [6.07, 6.45) is 0. The van der Waals surface area contributed by atoms with Gasteiger partial charge in [-0.25, -0.2) is 23.0 Å². The molecule has 4 N–H and O–H groups in total. The Morgan fingerprint density at radius 3 is 1.98 bits per heavy atom. The van der Waals surface area contributed by atoms with E-state index < -0.39 is 39.2 Å². The Morgan fingerprint density at radius 2 is 1.37 bits per heavy atom. The summed E-state index contributed by atoms with van der Waals surface area (Å²) in [5.41, 5.74) is 4.45. The van der Waals surface area contributed by atoms with Crippen LogP contribution in [0.1, 0.15) is 43.7 Å². The normalized spacial score (nSPS) is 11.4. The summed E-state index contributed by atoms with van der Waals surface area (Å²) >= 11 is 0. The highest BCUT2D eigenvalue weighted by Gasteiger charge is 2.31. The van der Waals surface area contributed by atoms with E-state index >= 15 is 0 Å². The molecule has 1 amide bonds. The van der Waals surface area contributed by atoms with Crippen LogP contribution in [0.15, 0.2) is 150 Å². The molecule has 6 rings (SSSR count). The number of rotatable bonds is 13. The molecular weight excluding hydrogens is 709 g/mol. The minimum Gasteiger partial charge on any atom is -0.461 e. The van der Waals surface area contributed by atoms with E-state index in [1.54, 1.807) is 116 Å². The molecule has 5 aromatic carbocycles. The lowest BCUT2D eigenvalue weighted by molar-refractivity contribution is -0.134. The first-order chi connectivity index (χ1) is 26.0. The highest BCUT2D eigenvalue weighted by atomic mass is 32.2. The second kappa shape index (κ2) is 16.1. The molecule has 1 heterocycles. The van der Waals surface area contributed by atoms with Gasteiger partial charge in [0.05, 0.1) is 34.1 Å². The van der Waals surface area contributed by atoms with Crippen LogP contribution in [0.5, 0.6) is 0 Å². The number of primary sulfonamides is 1. The minimum atomic E-state index is -3.97. The smallest absolute Gasteiger partial charge is 0.362 e. The van der Waals surface area contributed by atoms with E-state index in [9.17, 15) is 27.6 Å². The second-order valence-electron chi connectivity index (χ2n) is 11.6. The average molecular weight is 741 g/mol. The van der Waals surface area contributed by atoms with E-state index in [-0.39, 0.29) is 34.0 Å². The highest BCUT2D eigenvalue weighted by molar-refractivity contribution is 7.89. The van der Waals surface area contributed by atoms with Crippen molar-refractivity contribution in [2.45, 2.75) is 11.8 Å². The first-order valence-corrected chi connectivity index (χ1v) is 18.0. The maximum atomic E-state index is 14.3. The van der Waals surface area contributed by atoms with Gasteiger partial charge < -0.3 is 10.1 Å². The van der Waals surface area contributed by atoms with Crippen molar-refractivity contribution in [3.05, 3.63) is 162 Å². The molecule has 0 saturated carbocycles. The average Bonchev–Trinajstić information content (AvgIpc) is 3.60. The van der Waals surface area contributed by atoms with Gasteiger partial charge in [-0.15, -0.1) is 0 Å². The molecule has 0 spiro atoms. The molecule has 54 heavy (non-hydrogen) atoms. The summed E-state index contributed by atoms with van der Waals surface area (Å²) in [6, 6.07) is 37.4. The van der Waals surface area contributed by atoms with Crippen LogP contribution in [0, 0.1) is 0 Å². The van der Waals surface area contributed by atoms with Crippen molar-refractivity contribution in [1.29, 1.82) is 0 Å². The van der Waals surface area contributed by atoms with Gasteiger partial charge >= 0.3 is 5.97 Å². The van der Waals surface area contributed by atoms with Crippen molar-refractivity contribution in [3.8, 4) is 16.9 Å². The zero-order valence-corrected chi connectivity index (χ0v) is 29.5. The Bertz CT molecular complexity index is 2490. The standard InChI is InChI=1S/C40H32N6O7S/c1-2-53-40(50)35(38(48)28-17-10-5-11-18-28)44-43-30-19-12-20-31(25-30)46-36(26-13-6-3-7-14-26)33(37(47)27-15-8-4-9-16-27)34(45-46)39(49)42-29-21-23-32(24-22-29)54(41,51)52/h3-25,43H,2H2,1H3,(H,42,49)(H2,41,51,52)/b44-35-. The molecule has 0 aliphatic rings. The fraction of sp³-hybridized carbons (Fsp3) is 0.0500. The number of sulfonamides is 1. The number of ketones is 2. The lowest BCUT2D eigenvalue weighted by atomic mass is 9.97. The molecule has 0 aliphatic carbocycles. The lowest BCUT2D eigenvalue weighted by Gasteiger charge is -2.12. The van der Waals surface area contributed by atoms with Crippen LogP contribution < -0.4 is 15.9 Å². The van der Waals surface area contributed by atoms with Crippen molar-refractivity contribution in [1.82, 2.24) is 9.78 Å². The Hall–Kier alpha value is -7.03. The number of hydrogen-bond donors (Lipinski definition) is 3. The van der Waals surface area contributed by atoms with Crippen molar-refractivity contribution < 1.29 is 32.3 Å². The third kappa shape index (κ3) is 8.20. The van der Waals surface area contributed by atoms with Crippen LogP contribution in [0.4, 0.5) is 11.4 Å². The molecule has 0 atom stereocenters. The van der Waals surface area contributed by atoms with Gasteiger partial charge in [0, 0.05) is 22.4 Å². The molecule has 0 bridgehead atoms. The molecule has 14 heteroatoms. The number of carbonyl (C=O) groups is 4.